The number of hydrogen-bond acceptors (Lipinski definition) is 2. The minimum Gasteiger partial charge on any atom is -0.394 e. The maximum Gasteiger partial charge on any atom is 0.224 e. The summed E-state index contributed by atoms with van der Waals surface area (Å²) < 4.78 is 39.7. The number of hydrogen-bond donors (Lipinski definition) is 2. The lowest BCUT2D eigenvalue weighted by Crippen LogP contribution is -2.33. The van der Waals surface area contributed by atoms with Gasteiger partial charge in [-0.05, 0) is 60.6 Å². The minimum absolute atomic E-state index is 0.0334. The molecule has 1 aromatic rings. The van der Waals surface area contributed by atoms with Crippen LogP contribution in [0.5, 0.6) is 0 Å². The molecule has 0 heterocycles. The Labute approximate surface area is 131 Å². The van der Waals surface area contributed by atoms with Crippen molar-refractivity contribution in [1.82, 2.24) is 5.32 Å². The number of aliphatic hydroxyl groups excluding tert-OH is 1. The molecule has 23 heavy (non-hydrogen) atoms. The van der Waals surface area contributed by atoms with Gasteiger partial charge in [0.05, 0.1) is 12.6 Å². The van der Waals surface area contributed by atoms with Gasteiger partial charge in [-0.1, -0.05) is 0 Å². The van der Waals surface area contributed by atoms with Gasteiger partial charge in [0, 0.05) is 5.92 Å². The largest absolute Gasteiger partial charge is 0.394 e. The Balaban J connectivity index is 1.48. The molecule has 5 unspecified atom stereocenters. The van der Waals surface area contributed by atoms with Crippen LogP contribution in [0.4, 0.5) is 13.2 Å². The molecule has 3 nitrogen and oxygen atoms in total. The molecule has 0 saturated heterocycles. The first kappa shape index (κ1) is 15.0. The number of carbonyl (C=O) groups excluding carboxylic acids is 1. The van der Waals surface area contributed by atoms with Crippen LogP contribution in [0.25, 0.3) is 0 Å². The van der Waals surface area contributed by atoms with Crippen LogP contribution >= 0.6 is 0 Å². The summed E-state index contributed by atoms with van der Waals surface area (Å²) >= 11 is 0. The zero-order valence-corrected chi connectivity index (χ0v) is 12.4. The summed E-state index contributed by atoms with van der Waals surface area (Å²) in [5.41, 5.74) is 0.0334. The molecule has 3 aliphatic carbocycles. The second-order valence-corrected chi connectivity index (χ2v) is 7.06. The quantitative estimate of drug-likeness (QED) is 0.836. The first-order chi connectivity index (χ1) is 11.0. The summed E-state index contributed by atoms with van der Waals surface area (Å²) in [6, 6.07) is 0.708. The standard InChI is InChI=1S/C17H18F3NO2/c18-10-4-9(5-11(19)16(10)20)12(6-22)21-17(23)15-13-7-1-2-8(3-7)14(13)15/h4-5,7-8,12-15,22H,1-3,6H2,(H,21,23). The third kappa shape index (κ3) is 2.26. The van der Waals surface area contributed by atoms with Crippen LogP contribution < -0.4 is 5.32 Å². The fourth-order valence-electron chi connectivity index (χ4n) is 4.95. The van der Waals surface area contributed by atoms with Gasteiger partial charge in [0.2, 0.25) is 5.91 Å². The number of benzene rings is 1. The summed E-state index contributed by atoms with van der Waals surface area (Å²) in [5, 5.41) is 12.1. The van der Waals surface area contributed by atoms with E-state index in [-0.39, 0.29) is 17.4 Å². The Bertz CT molecular complexity index is 626. The second kappa shape index (κ2) is 5.23. The monoisotopic (exact) mass is 325 g/mol. The Morgan fingerprint density at radius 3 is 2.26 bits per heavy atom. The van der Waals surface area contributed by atoms with E-state index < -0.39 is 30.1 Å². The van der Waals surface area contributed by atoms with Crippen molar-refractivity contribution in [3.8, 4) is 0 Å². The molecule has 4 rings (SSSR count). The smallest absolute Gasteiger partial charge is 0.224 e. The van der Waals surface area contributed by atoms with Gasteiger partial charge in [0.25, 0.3) is 0 Å². The molecule has 0 spiro atoms. The Morgan fingerprint density at radius 2 is 1.74 bits per heavy atom. The highest BCUT2D eigenvalue weighted by molar-refractivity contribution is 5.83. The van der Waals surface area contributed by atoms with Crippen molar-refractivity contribution >= 4 is 5.91 Å². The number of rotatable bonds is 4. The zero-order valence-electron chi connectivity index (χ0n) is 12.4. The van der Waals surface area contributed by atoms with Crippen molar-refractivity contribution < 1.29 is 23.1 Å². The fraction of sp³-hybridized carbons (Fsp3) is 0.588. The average molecular weight is 325 g/mol. The predicted molar refractivity (Wildman–Crippen MR) is 75.6 cm³/mol. The van der Waals surface area contributed by atoms with Gasteiger partial charge in [0.15, 0.2) is 17.5 Å². The molecular formula is C17H18F3NO2. The SMILES string of the molecule is O=C(NC(CO)c1cc(F)c(F)c(F)c1)C1C2C3CCC(C3)C12. The first-order valence-electron chi connectivity index (χ1n) is 8.07. The van der Waals surface area contributed by atoms with Crippen molar-refractivity contribution in [3.05, 3.63) is 35.1 Å². The van der Waals surface area contributed by atoms with Gasteiger partial charge in [-0.2, -0.15) is 0 Å². The van der Waals surface area contributed by atoms with Crippen LogP contribution in [0.15, 0.2) is 12.1 Å². The highest BCUT2D eigenvalue weighted by atomic mass is 19.2. The maximum absolute atomic E-state index is 13.3. The second-order valence-electron chi connectivity index (χ2n) is 7.06. The number of nitrogens with one attached hydrogen (secondary N) is 1. The lowest BCUT2D eigenvalue weighted by Gasteiger charge is -2.18. The van der Waals surface area contributed by atoms with Crippen LogP contribution in [0.2, 0.25) is 0 Å². The van der Waals surface area contributed by atoms with Gasteiger partial charge >= 0.3 is 0 Å². The highest BCUT2D eigenvalue weighted by Crippen LogP contribution is 2.69. The third-order valence-corrected chi connectivity index (χ3v) is 5.95. The van der Waals surface area contributed by atoms with E-state index in [0.29, 0.717) is 23.7 Å². The van der Waals surface area contributed by atoms with Crippen molar-refractivity contribution in [2.24, 2.45) is 29.6 Å². The Kier molecular flexibility index (Phi) is 3.41. The molecule has 5 atom stereocenters. The van der Waals surface area contributed by atoms with Crippen molar-refractivity contribution in [3.63, 3.8) is 0 Å². The van der Waals surface area contributed by atoms with Gasteiger partial charge < -0.3 is 10.4 Å². The number of carbonyl (C=O) groups is 1. The van der Waals surface area contributed by atoms with Gasteiger partial charge in [-0.25, -0.2) is 13.2 Å². The molecule has 3 aliphatic rings. The molecule has 2 N–H and O–H groups in total. The fourth-order valence-corrected chi connectivity index (χ4v) is 4.95. The molecule has 2 bridgehead atoms. The van der Waals surface area contributed by atoms with E-state index in [1.165, 1.54) is 19.3 Å². The molecule has 6 heteroatoms. The normalized spacial score (nSPS) is 35.0. The minimum atomic E-state index is -1.55. The molecule has 1 aromatic carbocycles. The van der Waals surface area contributed by atoms with E-state index in [4.69, 9.17) is 0 Å². The molecule has 3 saturated carbocycles. The summed E-state index contributed by atoms with van der Waals surface area (Å²) in [7, 11) is 0. The number of halogens is 3. The molecule has 0 radical (unpaired) electrons. The first-order valence-corrected chi connectivity index (χ1v) is 8.07. The summed E-state index contributed by atoms with van der Waals surface area (Å²) in [6.07, 6.45) is 3.60. The van der Waals surface area contributed by atoms with Crippen molar-refractivity contribution in [1.29, 1.82) is 0 Å². The number of amides is 1. The molecule has 1 amide bonds. The van der Waals surface area contributed by atoms with E-state index in [1.807, 2.05) is 0 Å². The van der Waals surface area contributed by atoms with Crippen molar-refractivity contribution in [2.45, 2.75) is 25.3 Å². The topological polar surface area (TPSA) is 49.3 Å². The third-order valence-electron chi connectivity index (χ3n) is 5.95. The van der Waals surface area contributed by atoms with Crippen LogP contribution in [-0.4, -0.2) is 17.6 Å². The van der Waals surface area contributed by atoms with Crippen LogP contribution in [-0.2, 0) is 4.79 Å². The van der Waals surface area contributed by atoms with Crippen LogP contribution in [0.1, 0.15) is 30.9 Å². The van der Waals surface area contributed by atoms with Gasteiger partial charge in [0.1, 0.15) is 0 Å². The van der Waals surface area contributed by atoms with Gasteiger partial charge in [-0.3, -0.25) is 4.79 Å². The van der Waals surface area contributed by atoms with E-state index in [1.54, 1.807) is 0 Å². The highest BCUT2D eigenvalue weighted by Gasteiger charge is 2.67. The Hall–Kier alpha value is -1.56. The maximum atomic E-state index is 13.3. The summed E-state index contributed by atoms with van der Waals surface area (Å²) in [4.78, 5) is 12.4. The molecule has 3 fully saturated rings. The zero-order chi connectivity index (χ0) is 16.3. The predicted octanol–water partition coefficient (Wildman–Crippen LogP) is 2.55. The van der Waals surface area contributed by atoms with E-state index in [0.717, 1.165) is 12.1 Å². The average Bonchev–Trinajstić information content (AvgIpc) is 2.97. The van der Waals surface area contributed by atoms with Gasteiger partial charge in [-0.15, -0.1) is 0 Å². The van der Waals surface area contributed by atoms with Crippen molar-refractivity contribution in [2.75, 3.05) is 6.61 Å². The lowest BCUT2D eigenvalue weighted by molar-refractivity contribution is -0.124. The molecular weight excluding hydrogens is 307 g/mol. The van der Waals surface area contributed by atoms with E-state index in [2.05, 4.69) is 5.32 Å². The van der Waals surface area contributed by atoms with Crippen LogP contribution in [0.3, 0.4) is 0 Å². The molecule has 0 aliphatic heterocycles. The Morgan fingerprint density at radius 1 is 1.17 bits per heavy atom. The molecule has 0 aromatic heterocycles. The van der Waals surface area contributed by atoms with E-state index in [9.17, 15) is 23.1 Å². The summed E-state index contributed by atoms with van der Waals surface area (Å²) in [5.74, 6) is -2.26. The molecule has 124 valence electrons. The summed E-state index contributed by atoms with van der Waals surface area (Å²) in [6.45, 7) is -0.495. The lowest BCUT2D eigenvalue weighted by atomic mass is 10.0. The number of fused-ring (bicyclic) bond motifs is 5. The van der Waals surface area contributed by atoms with Crippen LogP contribution in [0, 0.1) is 47.0 Å². The number of aliphatic hydroxyl groups is 1. The van der Waals surface area contributed by atoms with E-state index >= 15 is 0 Å².